The van der Waals surface area contributed by atoms with Gasteiger partial charge in [-0.15, -0.1) is 0 Å². The third-order valence-corrected chi connectivity index (χ3v) is 6.03. The second kappa shape index (κ2) is 8.75. The molecule has 0 N–H and O–H groups in total. The summed E-state index contributed by atoms with van der Waals surface area (Å²) in [5.74, 6) is 0.874. The molecule has 0 spiro atoms. The summed E-state index contributed by atoms with van der Waals surface area (Å²) in [6, 6.07) is 16.3. The summed E-state index contributed by atoms with van der Waals surface area (Å²) < 4.78 is 10.9. The molecular formula is C23H22N2O4S. The maximum atomic E-state index is 13.2. The second-order valence-corrected chi connectivity index (χ2v) is 8.06. The molecule has 1 fully saturated rings. The molecule has 1 amide bonds. The van der Waals surface area contributed by atoms with Crippen molar-refractivity contribution in [3.8, 4) is 5.75 Å². The number of carbonyl (C=O) groups excluding carboxylic acids is 2. The molecule has 4 rings (SSSR count). The first-order chi connectivity index (χ1) is 14.6. The Morgan fingerprint density at radius 3 is 2.60 bits per heavy atom. The molecule has 154 valence electrons. The molecule has 2 aromatic carbocycles. The maximum Gasteiger partial charge on any atom is 0.338 e. The first-order valence-corrected chi connectivity index (χ1v) is 10.7. The summed E-state index contributed by atoms with van der Waals surface area (Å²) in [4.78, 5) is 32.2. The van der Waals surface area contributed by atoms with E-state index in [2.05, 4.69) is 4.99 Å². The van der Waals surface area contributed by atoms with Crippen molar-refractivity contribution in [2.24, 2.45) is 4.99 Å². The number of aliphatic imine (C=N–C) groups is 1. The molecule has 0 saturated carbocycles. The highest BCUT2D eigenvalue weighted by Gasteiger charge is 2.41. The zero-order valence-electron chi connectivity index (χ0n) is 16.8. The number of methoxy groups -OCH3 is 1. The van der Waals surface area contributed by atoms with Gasteiger partial charge in [-0.25, -0.2) is 9.79 Å². The van der Waals surface area contributed by atoms with Gasteiger partial charge >= 0.3 is 5.97 Å². The van der Waals surface area contributed by atoms with Crippen molar-refractivity contribution >= 4 is 28.8 Å². The van der Waals surface area contributed by atoms with E-state index < -0.39 is 12.0 Å². The summed E-state index contributed by atoms with van der Waals surface area (Å²) in [7, 11) is 1.60. The lowest BCUT2D eigenvalue weighted by molar-refractivity contribution is -0.141. The normalized spacial score (nSPS) is 18.6. The SMILES string of the molecule is COc1ccc([C@@H]2C(C(=O)OCc3ccccc3)=C(C)N=C3SCCC(=O)N32)cc1. The molecule has 7 heteroatoms. The quantitative estimate of drug-likeness (QED) is 0.679. The molecule has 2 heterocycles. The molecule has 0 unspecified atom stereocenters. The highest BCUT2D eigenvalue weighted by Crippen LogP contribution is 2.40. The van der Waals surface area contributed by atoms with Crippen LogP contribution in [0.1, 0.15) is 30.5 Å². The lowest BCUT2D eigenvalue weighted by atomic mass is 9.94. The van der Waals surface area contributed by atoms with Crippen molar-refractivity contribution in [3.63, 3.8) is 0 Å². The van der Waals surface area contributed by atoms with Crippen LogP contribution in [0.2, 0.25) is 0 Å². The molecule has 0 bridgehead atoms. The molecule has 2 aromatic rings. The van der Waals surface area contributed by atoms with E-state index in [0.29, 0.717) is 34.4 Å². The summed E-state index contributed by atoms with van der Waals surface area (Å²) in [5.41, 5.74) is 2.66. The Hall–Kier alpha value is -3.06. The summed E-state index contributed by atoms with van der Waals surface area (Å²) in [6.07, 6.45) is 0.404. The Labute approximate surface area is 179 Å². The highest BCUT2D eigenvalue weighted by atomic mass is 32.2. The van der Waals surface area contributed by atoms with Crippen molar-refractivity contribution in [1.29, 1.82) is 0 Å². The topological polar surface area (TPSA) is 68.2 Å². The second-order valence-electron chi connectivity index (χ2n) is 6.99. The summed E-state index contributed by atoms with van der Waals surface area (Å²) >= 11 is 1.53. The smallest absolute Gasteiger partial charge is 0.338 e. The number of amides is 1. The van der Waals surface area contributed by atoms with Gasteiger partial charge in [-0.1, -0.05) is 54.2 Å². The van der Waals surface area contributed by atoms with Crippen LogP contribution in [0, 0.1) is 0 Å². The minimum absolute atomic E-state index is 0.0471. The van der Waals surface area contributed by atoms with Gasteiger partial charge in [0.15, 0.2) is 5.17 Å². The Bertz CT molecular complexity index is 1020. The zero-order valence-corrected chi connectivity index (χ0v) is 17.6. The number of allylic oxidation sites excluding steroid dienone is 1. The van der Waals surface area contributed by atoms with Gasteiger partial charge < -0.3 is 9.47 Å². The van der Waals surface area contributed by atoms with E-state index in [1.807, 2.05) is 54.6 Å². The van der Waals surface area contributed by atoms with E-state index in [0.717, 1.165) is 11.1 Å². The van der Waals surface area contributed by atoms with Crippen LogP contribution in [0.4, 0.5) is 0 Å². The van der Waals surface area contributed by atoms with E-state index in [1.54, 1.807) is 18.9 Å². The van der Waals surface area contributed by atoms with Crippen LogP contribution in [0.5, 0.6) is 5.75 Å². The third-order valence-electron chi connectivity index (χ3n) is 5.07. The number of esters is 1. The van der Waals surface area contributed by atoms with Crippen LogP contribution in [0.25, 0.3) is 0 Å². The van der Waals surface area contributed by atoms with Gasteiger partial charge in [0.05, 0.1) is 24.4 Å². The highest BCUT2D eigenvalue weighted by molar-refractivity contribution is 8.14. The fourth-order valence-corrected chi connectivity index (χ4v) is 4.57. The predicted octanol–water partition coefficient (Wildman–Crippen LogP) is 4.09. The number of amidine groups is 1. The lowest BCUT2D eigenvalue weighted by Gasteiger charge is -2.38. The van der Waals surface area contributed by atoms with Crippen molar-refractivity contribution < 1.29 is 19.1 Å². The zero-order chi connectivity index (χ0) is 21.1. The van der Waals surface area contributed by atoms with Crippen molar-refractivity contribution in [2.75, 3.05) is 12.9 Å². The van der Waals surface area contributed by atoms with E-state index in [1.165, 1.54) is 11.8 Å². The Balaban J connectivity index is 1.70. The van der Waals surface area contributed by atoms with Crippen LogP contribution < -0.4 is 4.74 Å². The number of carbonyl (C=O) groups is 2. The Morgan fingerprint density at radius 1 is 1.17 bits per heavy atom. The lowest BCUT2D eigenvalue weighted by Crippen LogP contribution is -2.45. The third kappa shape index (κ3) is 3.98. The van der Waals surface area contributed by atoms with Crippen LogP contribution in [-0.2, 0) is 20.9 Å². The number of benzene rings is 2. The van der Waals surface area contributed by atoms with Crippen LogP contribution in [0.15, 0.2) is 70.9 Å². The fourth-order valence-electron chi connectivity index (χ4n) is 3.56. The van der Waals surface area contributed by atoms with Gasteiger partial charge in [0.25, 0.3) is 0 Å². The van der Waals surface area contributed by atoms with Gasteiger partial charge in [0.2, 0.25) is 5.91 Å². The van der Waals surface area contributed by atoms with Crippen molar-refractivity contribution in [2.45, 2.75) is 26.0 Å². The summed E-state index contributed by atoms with van der Waals surface area (Å²) in [6.45, 7) is 1.95. The van der Waals surface area contributed by atoms with Gasteiger partial charge in [-0.3, -0.25) is 9.69 Å². The average Bonchev–Trinajstić information content (AvgIpc) is 2.77. The standard InChI is InChI=1S/C23H22N2O4S/c1-15-20(22(27)29-14-16-6-4-3-5-7-16)21(17-8-10-18(28-2)11-9-17)25-19(26)12-13-30-23(25)24-15/h3-11,21H,12-14H2,1-2H3/t21-/m1/s1. The molecule has 6 nitrogen and oxygen atoms in total. The number of nitrogens with zero attached hydrogens (tertiary/aromatic N) is 2. The molecule has 0 aromatic heterocycles. The minimum atomic E-state index is -0.577. The molecule has 0 aliphatic carbocycles. The monoisotopic (exact) mass is 422 g/mol. The maximum absolute atomic E-state index is 13.2. The van der Waals surface area contributed by atoms with Crippen molar-refractivity contribution in [1.82, 2.24) is 4.90 Å². The number of fused-ring (bicyclic) bond motifs is 1. The fraction of sp³-hybridized carbons (Fsp3) is 0.261. The van der Waals surface area contributed by atoms with E-state index in [9.17, 15) is 9.59 Å². The number of hydrogen-bond acceptors (Lipinski definition) is 6. The first-order valence-electron chi connectivity index (χ1n) is 9.68. The van der Waals surface area contributed by atoms with Gasteiger partial charge in [-0.05, 0) is 30.2 Å². The minimum Gasteiger partial charge on any atom is -0.497 e. The van der Waals surface area contributed by atoms with E-state index >= 15 is 0 Å². The van der Waals surface area contributed by atoms with Gasteiger partial charge in [0.1, 0.15) is 12.4 Å². The molecule has 30 heavy (non-hydrogen) atoms. The Kier molecular flexibility index (Phi) is 5.90. The average molecular weight is 423 g/mol. The van der Waals surface area contributed by atoms with Crippen LogP contribution in [-0.4, -0.2) is 34.8 Å². The van der Waals surface area contributed by atoms with Crippen LogP contribution >= 0.6 is 11.8 Å². The molecule has 2 aliphatic heterocycles. The van der Waals surface area contributed by atoms with Crippen molar-refractivity contribution in [3.05, 3.63) is 77.0 Å². The van der Waals surface area contributed by atoms with E-state index in [-0.39, 0.29) is 12.5 Å². The molecule has 2 aliphatic rings. The number of hydrogen-bond donors (Lipinski definition) is 0. The Morgan fingerprint density at radius 2 is 1.90 bits per heavy atom. The molecular weight excluding hydrogens is 400 g/mol. The molecule has 1 atom stereocenters. The molecule has 0 radical (unpaired) electrons. The largest absolute Gasteiger partial charge is 0.497 e. The number of thioether (sulfide) groups is 1. The van der Waals surface area contributed by atoms with Gasteiger partial charge in [0, 0.05) is 12.2 Å². The van der Waals surface area contributed by atoms with E-state index in [4.69, 9.17) is 9.47 Å². The number of rotatable bonds is 5. The van der Waals surface area contributed by atoms with Gasteiger partial charge in [-0.2, -0.15) is 0 Å². The van der Waals surface area contributed by atoms with Crippen LogP contribution in [0.3, 0.4) is 0 Å². The first kappa shape index (κ1) is 20.2. The predicted molar refractivity (Wildman–Crippen MR) is 116 cm³/mol. The molecule has 1 saturated heterocycles. The number of ether oxygens (including phenoxy) is 2. The summed E-state index contributed by atoms with van der Waals surface area (Å²) in [5, 5.41) is 0.629.